The van der Waals surface area contributed by atoms with E-state index in [-0.39, 0.29) is 11.9 Å². The van der Waals surface area contributed by atoms with Crippen LogP contribution in [0.4, 0.5) is 5.88 Å². The molecule has 3 aromatic rings. The Labute approximate surface area is 147 Å². The number of nitrogens with zero attached hydrogens (tertiary/aromatic N) is 1. The number of hydrogen-bond acceptors (Lipinski definition) is 3. The van der Waals surface area contributed by atoms with Gasteiger partial charge in [-0.05, 0) is 13.8 Å². The van der Waals surface area contributed by atoms with E-state index in [1.807, 2.05) is 54.7 Å². The summed E-state index contributed by atoms with van der Waals surface area (Å²) in [5.41, 5.74) is 4.04. The Morgan fingerprint density at radius 2 is 1.88 bits per heavy atom. The van der Waals surface area contributed by atoms with Crippen LogP contribution < -0.4 is 10.6 Å². The summed E-state index contributed by atoms with van der Waals surface area (Å²) in [5.74, 6) is 0.246. The Morgan fingerprint density at radius 3 is 2.60 bits per heavy atom. The van der Waals surface area contributed by atoms with Gasteiger partial charge in [-0.1, -0.05) is 65.3 Å². The highest BCUT2D eigenvalue weighted by Crippen LogP contribution is 2.21. The molecule has 1 amide bonds. The summed E-state index contributed by atoms with van der Waals surface area (Å²) in [6.07, 6.45) is 0. The average molecular weight is 336 g/mol. The first-order chi connectivity index (χ1) is 12.1. The number of anilines is 1. The van der Waals surface area contributed by atoms with E-state index >= 15 is 0 Å². The van der Waals surface area contributed by atoms with Gasteiger partial charge >= 0.3 is 0 Å². The molecular weight excluding hydrogens is 314 g/mol. The standard InChI is InChI=1S/C20H21N3O2/c1-14-8-10-17(11-9-14)18-12-20(25-23-18)22-19(24)13-21-15(2)16-6-4-3-5-7-16/h3-12,15,21H,13H2,1-2H3,(H,22,24)/p+1/t15-/m0/s1. The summed E-state index contributed by atoms with van der Waals surface area (Å²) in [5, 5.41) is 8.75. The maximum absolute atomic E-state index is 12.1. The summed E-state index contributed by atoms with van der Waals surface area (Å²) < 4.78 is 5.22. The first-order valence-electron chi connectivity index (χ1n) is 8.33. The average Bonchev–Trinajstić information content (AvgIpc) is 3.09. The van der Waals surface area contributed by atoms with E-state index < -0.39 is 0 Å². The van der Waals surface area contributed by atoms with Crippen molar-refractivity contribution in [3.8, 4) is 11.3 Å². The number of carbonyl (C=O) groups is 1. The molecule has 0 bridgehead atoms. The third kappa shape index (κ3) is 4.55. The third-order valence-corrected chi connectivity index (χ3v) is 4.10. The van der Waals surface area contributed by atoms with Gasteiger partial charge in [-0.25, -0.2) is 0 Å². The zero-order valence-electron chi connectivity index (χ0n) is 14.4. The van der Waals surface area contributed by atoms with Crippen LogP contribution in [0.15, 0.2) is 65.2 Å². The van der Waals surface area contributed by atoms with Crippen molar-refractivity contribution in [1.82, 2.24) is 5.16 Å². The lowest BCUT2D eigenvalue weighted by Crippen LogP contribution is -2.86. The lowest BCUT2D eigenvalue weighted by Gasteiger charge is -2.10. The van der Waals surface area contributed by atoms with Gasteiger partial charge in [0.05, 0.1) is 0 Å². The fourth-order valence-electron chi connectivity index (χ4n) is 2.56. The molecule has 2 aromatic carbocycles. The molecule has 0 radical (unpaired) electrons. The molecule has 0 spiro atoms. The maximum atomic E-state index is 12.1. The van der Waals surface area contributed by atoms with Gasteiger partial charge in [-0.15, -0.1) is 0 Å². The molecule has 3 N–H and O–H groups in total. The van der Waals surface area contributed by atoms with E-state index in [0.717, 1.165) is 5.56 Å². The molecule has 5 nitrogen and oxygen atoms in total. The fraction of sp³-hybridized carbons (Fsp3) is 0.200. The fourth-order valence-corrected chi connectivity index (χ4v) is 2.56. The van der Waals surface area contributed by atoms with E-state index in [1.54, 1.807) is 6.07 Å². The van der Waals surface area contributed by atoms with Crippen molar-refractivity contribution in [3.63, 3.8) is 0 Å². The first-order valence-corrected chi connectivity index (χ1v) is 8.33. The molecule has 128 valence electrons. The number of nitrogens with one attached hydrogen (secondary N) is 1. The van der Waals surface area contributed by atoms with E-state index in [1.165, 1.54) is 11.1 Å². The second-order valence-corrected chi connectivity index (χ2v) is 6.13. The Kier molecular flexibility index (Phi) is 5.26. The van der Waals surface area contributed by atoms with Crippen LogP contribution in [0.3, 0.4) is 0 Å². The van der Waals surface area contributed by atoms with Gasteiger partial charge in [0.1, 0.15) is 11.7 Å². The molecule has 0 saturated heterocycles. The lowest BCUT2D eigenvalue weighted by molar-refractivity contribution is -0.682. The van der Waals surface area contributed by atoms with Gasteiger partial charge in [0, 0.05) is 17.2 Å². The summed E-state index contributed by atoms with van der Waals surface area (Å²) in [6, 6.07) is 20.0. The number of benzene rings is 2. The summed E-state index contributed by atoms with van der Waals surface area (Å²) in [6.45, 7) is 4.42. The van der Waals surface area contributed by atoms with Crippen molar-refractivity contribution < 1.29 is 14.6 Å². The summed E-state index contributed by atoms with van der Waals surface area (Å²) in [4.78, 5) is 12.1. The minimum Gasteiger partial charge on any atom is -0.338 e. The number of hydrogen-bond donors (Lipinski definition) is 2. The SMILES string of the molecule is Cc1ccc(-c2cc(NC(=O)C[NH2+][C@@H](C)c3ccccc3)on2)cc1. The van der Waals surface area contributed by atoms with Crippen LogP contribution in [-0.4, -0.2) is 17.6 Å². The Morgan fingerprint density at radius 1 is 1.16 bits per heavy atom. The number of rotatable bonds is 6. The first kappa shape index (κ1) is 16.9. The number of aromatic nitrogens is 1. The maximum Gasteiger partial charge on any atom is 0.281 e. The quantitative estimate of drug-likeness (QED) is 0.727. The largest absolute Gasteiger partial charge is 0.338 e. The normalized spacial score (nSPS) is 11.9. The molecule has 5 heteroatoms. The number of carbonyl (C=O) groups excluding carboxylic acids is 1. The monoisotopic (exact) mass is 336 g/mol. The zero-order valence-corrected chi connectivity index (χ0v) is 14.4. The second-order valence-electron chi connectivity index (χ2n) is 6.13. The third-order valence-electron chi connectivity index (χ3n) is 4.10. The molecule has 1 aromatic heterocycles. The number of quaternary nitrogens is 1. The predicted molar refractivity (Wildman–Crippen MR) is 97.0 cm³/mol. The predicted octanol–water partition coefficient (Wildman–Crippen LogP) is 2.91. The van der Waals surface area contributed by atoms with E-state index in [4.69, 9.17) is 4.52 Å². The van der Waals surface area contributed by atoms with Crippen LogP contribution in [0.25, 0.3) is 11.3 Å². The second kappa shape index (κ2) is 7.77. The number of amides is 1. The highest BCUT2D eigenvalue weighted by molar-refractivity contribution is 5.90. The van der Waals surface area contributed by atoms with Crippen LogP contribution in [0, 0.1) is 6.92 Å². The topological polar surface area (TPSA) is 71.7 Å². The van der Waals surface area contributed by atoms with Gasteiger partial charge in [0.25, 0.3) is 5.91 Å². The molecule has 25 heavy (non-hydrogen) atoms. The van der Waals surface area contributed by atoms with Crippen molar-refractivity contribution in [1.29, 1.82) is 0 Å². The van der Waals surface area contributed by atoms with Gasteiger partial charge in [0.15, 0.2) is 6.54 Å². The van der Waals surface area contributed by atoms with Crippen LogP contribution in [0.5, 0.6) is 0 Å². The van der Waals surface area contributed by atoms with Crippen LogP contribution in [-0.2, 0) is 4.79 Å². The minimum atomic E-state index is -0.116. The van der Waals surface area contributed by atoms with Crippen molar-refractivity contribution >= 4 is 11.8 Å². The van der Waals surface area contributed by atoms with Gasteiger partial charge in [-0.2, -0.15) is 0 Å². The van der Waals surface area contributed by atoms with Crippen LogP contribution >= 0.6 is 0 Å². The zero-order chi connectivity index (χ0) is 17.6. The molecule has 1 atom stereocenters. The molecule has 0 aliphatic heterocycles. The molecule has 0 aliphatic rings. The number of nitrogens with two attached hydrogens (primary N) is 1. The lowest BCUT2D eigenvalue weighted by atomic mass is 10.1. The van der Waals surface area contributed by atoms with E-state index in [2.05, 4.69) is 29.5 Å². The van der Waals surface area contributed by atoms with Crippen LogP contribution in [0.1, 0.15) is 24.1 Å². The molecule has 1 heterocycles. The van der Waals surface area contributed by atoms with Crippen molar-refractivity contribution in [2.45, 2.75) is 19.9 Å². The van der Waals surface area contributed by atoms with Crippen molar-refractivity contribution in [2.75, 3.05) is 11.9 Å². The van der Waals surface area contributed by atoms with Gasteiger partial charge in [0.2, 0.25) is 5.88 Å². The highest BCUT2D eigenvalue weighted by atomic mass is 16.5. The molecule has 0 fully saturated rings. The van der Waals surface area contributed by atoms with Gasteiger partial charge < -0.3 is 9.84 Å². The minimum absolute atomic E-state index is 0.116. The van der Waals surface area contributed by atoms with Gasteiger partial charge in [-0.3, -0.25) is 10.1 Å². The molecule has 0 unspecified atom stereocenters. The van der Waals surface area contributed by atoms with Crippen LogP contribution in [0.2, 0.25) is 0 Å². The molecular formula is C20H22N3O2+. The Hall–Kier alpha value is -2.92. The molecule has 0 saturated carbocycles. The smallest absolute Gasteiger partial charge is 0.281 e. The molecule has 3 rings (SSSR count). The highest BCUT2D eigenvalue weighted by Gasteiger charge is 2.13. The Balaban J connectivity index is 1.54. The van der Waals surface area contributed by atoms with E-state index in [0.29, 0.717) is 18.1 Å². The Bertz CT molecular complexity index is 826. The van der Waals surface area contributed by atoms with E-state index in [9.17, 15) is 4.79 Å². The number of aryl methyl sites for hydroxylation is 1. The van der Waals surface area contributed by atoms with Crippen molar-refractivity contribution in [2.24, 2.45) is 0 Å². The summed E-state index contributed by atoms with van der Waals surface area (Å²) in [7, 11) is 0. The van der Waals surface area contributed by atoms with Crippen molar-refractivity contribution in [3.05, 3.63) is 71.8 Å². The molecule has 0 aliphatic carbocycles. The summed E-state index contributed by atoms with van der Waals surface area (Å²) >= 11 is 0.